The third-order valence-corrected chi connectivity index (χ3v) is 7.46. The predicted molar refractivity (Wildman–Crippen MR) is 178 cm³/mol. The van der Waals surface area contributed by atoms with E-state index in [2.05, 4.69) is 90.1 Å². The molecule has 1 heterocycles. The number of aryl methyl sites for hydroxylation is 1. The molecule has 1 N–H and O–H groups in total. The van der Waals surface area contributed by atoms with Gasteiger partial charge in [-0.15, -0.1) is 35.4 Å². The van der Waals surface area contributed by atoms with Gasteiger partial charge in [0.05, 0.1) is 5.52 Å². The number of fused-ring (bicyclic) bond motifs is 3. The molecule has 4 nitrogen and oxygen atoms in total. The second-order valence-electron chi connectivity index (χ2n) is 14.8. The van der Waals surface area contributed by atoms with Crippen LogP contribution in [0.3, 0.4) is 0 Å². The van der Waals surface area contributed by atoms with Crippen LogP contribution in [0.2, 0.25) is 0 Å². The monoisotopic (exact) mass is 758 g/mol. The minimum absolute atomic E-state index is 0. The number of nitrogens with zero attached hydrogens (tertiary/aromatic N) is 2. The summed E-state index contributed by atoms with van der Waals surface area (Å²) in [5.41, 5.74) is 5.36. The Morgan fingerprint density at radius 1 is 0.837 bits per heavy atom. The molecular formula is C38H49IrN2O2-. The van der Waals surface area contributed by atoms with E-state index >= 15 is 0 Å². The Bertz CT molecular complexity index is 1650. The summed E-state index contributed by atoms with van der Waals surface area (Å²) in [5, 5.41) is 13.4. The quantitative estimate of drug-likeness (QED) is 0.0978. The topological polar surface area (TPSA) is 63.1 Å². The molecule has 0 aliphatic heterocycles. The maximum absolute atomic E-state index is 11.8. The van der Waals surface area contributed by atoms with E-state index in [0.717, 1.165) is 28.0 Å². The van der Waals surface area contributed by atoms with E-state index in [4.69, 9.17) is 9.97 Å². The number of hydrogen-bond acceptors (Lipinski definition) is 4. The van der Waals surface area contributed by atoms with E-state index in [1.165, 1.54) is 21.9 Å². The van der Waals surface area contributed by atoms with Crippen LogP contribution in [0.1, 0.15) is 106 Å². The molecular weight excluding hydrogens is 709 g/mol. The number of aliphatic hydroxyl groups excluding tert-OH is 1. The molecule has 3 aromatic carbocycles. The normalized spacial score (nSPS) is 12.9. The van der Waals surface area contributed by atoms with Crippen LogP contribution < -0.4 is 0 Å². The molecule has 0 saturated heterocycles. The summed E-state index contributed by atoms with van der Waals surface area (Å²) in [6.07, 6.45) is 0. The van der Waals surface area contributed by atoms with Crippen molar-refractivity contribution in [2.45, 2.75) is 101 Å². The third-order valence-electron chi connectivity index (χ3n) is 7.46. The molecule has 0 spiro atoms. The van der Waals surface area contributed by atoms with Crippen LogP contribution in [-0.4, -0.2) is 20.9 Å². The van der Waals surface area contributed by atoms with Gasteiger partial charge >= 0.3 is 0 Å². The maximum Gasteiger partial charge on any atom is 0.167 e. The Kier molecular flexibility index (Phi) is 11.3. The Balaban J connectivity index is 0.000000369. The van der Waals surface area contributed by atoms with E-state index in [-0.39, 0.29) is 48.4 Å². The van der Waals surface area contributed by atoms with Gasteiger partial charge in [0.25, 0.3) is 0 Å². The fourth-order valence-corrected chi connectivity index (χ4v) is 4.92. The summed E-state index contributed by atoms with van der Waals surface area (Å²) in [6, 6.07) is 20.6. The van der Waals surface area contributed by atoms with Crippen LogP contribution in [0, 0.1) is 23.8 Å². The van der Waals surface area contributed by atoms with E-state index in [1.54, 1.807) is 6.92 Å². The average molecular weight is 758 g/mol. The van der Waals surface area contributed by atoms with E-state index < -0.39 is 5.41 Å². The molecule has 233 valence electrons. The van der Waals surface area contributed by atoms with Crippen LogP contribution in [0.4, 0.5) is 0 Å². The zero-order chi connectivity index (χ0) is 31.8. The van der Waals surface area contributed by atoms with Gasteiger partial charge in [-0.25, -0.2) is 4.98 Å². The average Bonchev–Trinajstić information content (AvgIpc) is 2.90. The van der Waals surface area contributed by atoms with Crippen molar-refractivity contribution in [3.63, 3.8) is 0 Å². The zero-order valence-electron chi connectivity index (χ0n) is 28.3. The summed E-state index contributed by atoms with van der Waals surface area (Å²) in [7, 11) is 0. The second kappa shape index (κ2) is 13.4. The largest absolute Gasteiger partial charge is 0.511 e. The molecule has 0 amide bonds. The number of hydrogen-bond donors (Lipinski definition) is 1. The van der Waals surface area contributed by atoms with Crippen molar-refractivity contribution < 1.29 is 30.0 Å². The molecule has 4 aromatic rings. The molecule has 0 bridgehead atoms. The summed E-state index contributed by atoms with van der Waals surface area (Å²) in [5.74, 6) is 1.34. The van der Waals surface area contributed by atoms with E-state index in [1.807, 2.05) is 47.6 Å². The number of carbonyl (C=O) groups is 1. The fourth-order valence-electron chi connectivity index (χ4n) is 4.92. The van der Waals surface area contributed by atoms with Gasteiger partial charge in [-0.3, -0.25) is 9.78 Å². The van der Waals surface area contributed by atoms with Crippen molar-refractivity contribution in [1.82, 2.24) is 9.97 Å². The molecule has 0 atom stereocenters. The summed E-state index contributed by atoms with van der Waals surface area (Å²) in [6.45, 7) is 26.1. The van der Waals surface area contributed by atoms with Gasteiger partial charge < -0.3 is 5.11 Å². The molecule has 0 aliphatic carbocycles. The number of ketones is 1. The van der Waals surface area contributed by atoms with Crippen LogP contribution in [-0.2, 0) is 30.3 Å². The number of rotatable bonds is 3. The number of benzene rings is 3. The molecule has 0 unspecified atom stereocenters. The van der Waals surface area contributed by atoms with Crippen molar-refractivity contribution in [1.29, 1.82) is 0 Å². The van der Waals surface area contributed by atoms with Crippen LogP contribution in [0.25, 0.3) is 32.9 Å². The van der Waals surface area contributed by atoms with Crippen molar-refractivity contribution >= 4 is 27.5 Å². The maximum atomic E-state index is 11.8. The molecule has 0 fully saturated rings. The molecule has 5 heteroatoms. The van der Waals surface area contributed by atoms with Crippen LogP contribution in [0.15, 0.2) is 59.9 Å². The van der Waals surface area contributed by atoms with Crippen LogP contribution in [0.5, 0.6) is 0 Å². The van der Waals surface area contributed by atoms with E-state index in [0.29, 0.717) is 5.57 Å². The van der Waals surface area contributed by atoms with Gasteiger partial charge in [-0.2, -0.15) is 0 Å². The van der Waals surface area contributed by atoms with Crippen molar-refractivity contribution in [3.05, 3.63) is 82.9 Å². The van der Waals surface area contributed by atoms with E-state index in [9.17, 15) is 9.90 Å². The van der Waals surface area contributed by atoms with Gasteiger partial charge in [0, 0.05) is 47.8 Å². The van der Waals surface area contributed by atoms with Gasteiger partial charge in [0.1, 0.15) is 11.6 Å². The fraction of sp³-hybridized carbons (Fsp3) is 0.447. The van der Waals surface area contributed by atoms with Gasteiger partial charge in [0.2, 0.25) is 0 Å². The first-order chi connectivity index (χ1) is 19.2. The Morgan fingerprint density at radius 2 is 1.42 bits per heavy atom. The van der Waals surface area contributed by atoms with Gasteiger partial charge in [-0.1, -0.05) is 106 Å². The Morgan fingerprint density at radius 3 is 1.93 bits per heavy atom. The Hall–Kier alpha value is -2.88. The first kappa shape index (κ1) is 36.3. The first-order valence-electron chi connectivity index (χ1n) is 14.9. The summed E-state index contributed by atoms with van der Waals surface area (Å²) in [4.78, 5) is 21.8. The molecule has 0 aliphatic rings. The van der Waals surface area contributed by atoms with Crippen LogP contribution >= 0.6 is 0 Å². The summed E-state index contributed by atoms with van der Waals surface area (Å²) < 4.78 is 0. The molecule has 1 aromatic heterocycles. The standard InChI is InChI=1S/C26H27N2.C12H22O2.Ir/c1-16(2)25-27-23(18-10-9-11-19(15-18)26(4,5)6)22-14-17(3)20-12-7-8-13-21(20)24(22)28-25;1-8(9(13)11(2,3)4)10(14)12(5,6)7;/h7-9,11-16H,1-6H3;13H,1-7H3;/q-1;;/b;9-8-;. The molecule has 4 rings (SSSR count). The van der Waals surface area contributed by atoms with Crippen molar-refractivity contribution in [2.75, 3.05) is 0 Å². The van der Waals surface area contributed by atoms with Crippen molar-refractivity contribution in [2.24, 2.45) is 10.8 Å². The molecule has 43 heavy (non-hydrogen) atoms. The zero-order valence-corrected chi connectivity index (χ0v) is 30.7. The Labute approximate surface area is 272 Å². The second-order valence-corrected chi connectivity index (χ2v) is 14.8. The predicted octanol–water partition coefficient (Wildman–Crippen LogP) is 10.5. The van der Waals surface area contributed by atoms with Gasteiger partial charge in [-0.05, 0) is 41.3 Å². The third kappa shape index (κ3) is 8.40. The van der Waals surface area contributed by atoms with Crippen molar-refractivity contribution in [3.8, 4) is 11.3 Å². The number of carbonyl (C=O) groups excluding carboxylic acids is 1. The number of aliphatic hydroxyl groups is 1. The SMILES string of the molecule is C/C(C(=O)C(C)(C)C)=C(/O)C(C)(C)C.Cc1cc2c(-c3[c-]ccc(C(C)(C)C)c3)nc(C(C)C)nc2c2ccccc12.[Ir]. The number of aromatic nitrogens is 2. The number of allylic oxidation sites excluding steroid dienone is 2. The van der Waals surface area contributed by atoms with Gasteiger partial charge in [0.15, 0.2) is 5.78 Å². The molecule has 1 radical (unpaired) electrons. The first-order valence-corrected chi connectivity index (χ1v) is 14.9. The number of Topliss-reactive ketones (excluding diaryl/α,β-unsaturated/α-hetero) is 1. The molecule has 0 saturated carbocycles. The summed E-state index contributed by atoms with van der Waals surface area (Å²) >= 11 is 0. The smallest absolute Gasteiger partial charge is 0.167 e. The minimum atomic E-state index is -0.427. The minimum Gasteiger partial charge on any atom is -0.511 e.